The summed E-state index contributed by atoms with van der Waals surface area (Å²) in [7, 11) is -1.85. The molecule has 1 aromatic rings. The third kappa shape index (κ3) is 5.50. The Balaban J connectivity index is 1.54. The standard InChI is InChI=1S/C20H31N5O4S/c1-16(26)21-17-7-6-8-18(15-17)22-20(27)24-11-13-25(14-12-24)30(28,29)23(2)19-9-4-3-5-10-19/h6-8,15,19H,3-5,9-14H2,1-2H3,(H,21,26)(H,22,27). The van der Waals surface area contributed by atoms with E-state index < -0.39 is 10.2 Å². The number of rotatable bonds is 5. The molecule has 3 amide bonds. The summed E-state index contributed by atoms with van der Waals surface area (Å²) in [6, 6.07) is 6.69. The van der Waals surface area contributed by atoms with Crippen LogP contribution in [0.1, 0.15) is 39.0 Å². The number of hydrogen-bond donors (Lipinski definition) is 2. The highest BCUT2D eigenvalue weighted by Crippen LogP contribution is 2.25. The van der Waals surface area contributed by atoms with Gasteiger partial charge in [-0.05, 0) is 31.0 Å². The Morgan fingerprint density at radius 2 is 1.60 bits per heavy atom. The maximum Gasteiger partial charge on any atom is 0.321 e. The van der Waals surface area contributed by atoms with Crippen LogP contribution in [0.5, 0.6) is 0 Å². The largest absolute Gasteiger partial charge is 0.326 e. The van der Waals surface area contributed by atoms with Gasteiger partial charge in [-0.15, -0.1) is 0 Å². The van der Waals surface area contributed by atoms with Gasteiger partial charge in [0.05, 0.1) is 0 Å². The number of hydrogen-bond acceptors (Lipinski definition) is 4. The molecular weight excluding hydrogens is 406 g/mol. The molecule has 1 heterocycles. The van der Waals surface area contributed by atoms with Crippen LogP contribution in [-0.4, -0.2) is 73.1 Å². The van der Waals surface area contributed by atoms with Gasteiger partial charge in [-0.3, -0.25) is 4.79 Å². The van der Waals surface area contributed by atoms with Crippen molar-refractivity contribution in [2.24, 2.45) is 0 Å². The molecule has 9 nitrogen and oxygen atoms in total. The molecule has 3 rings (SSSR count). The van der Waals surface area contributed by atoms with Crippen LogP contribution in [0.25, 0.3) is 0 Å². The molecule has 2 fully saturated rings. The average Bonchev–Trinajstić information content (AvgIpc) is 2.73. The zero-order valence-corrected chi connectivity index (χ0v) is 18.5. The van der Waals surface area contributed by atoms with E-state index in [1.54, 1.807) is 36.2 Å². The molecule has 0 radical (unpaired) electrons. The van der Waals surface area contributed by atoms with E-state index in [0.717, 1.165) is 25.7 Å². The summed E-state index contributed by atoms with van der Waals surface area (Å²) in [5.74, 6) is -0.186. The van der Waals surface area contributed by atoms with E-state index in [2.05, 4.69) is 10.6 Å². The van der Waals surface area contributed by atoms with Gasteiger partial charge in [0, 0.05) is 57.6 Å². The summed E-state index contributed by atoms with van der Waals surface area (Å²) >= 11 is 0. The lowest BCUT2D eigenvalue weighted by atomic mass is 9.96. The third-order valence-electron chi connectivity index (χ3n) is 5.74. The number of nitrogens with zero attached hydrogens (tertiary/aromatic N) is 3. The molecule has 166 valence electrons. The van der Waals surface area contributed by atoms with E-state index in [1.807, 2.05) is 0 Å². The first-order chi connectivity index (χ1) is 14.3. The predicted octanol–water partition coefficient (Wildman–Crippen LogP) is 2.30. The Hall–Kier alpha value is -2.17. The molecule has 0 bridgehead atoms. The Kier molecular flexibility index (Phi) is 7.32. The average molecular weight is 438 g/mol. The number of carbonyl (C=O) groups is 2. The van der Waals surface area contributed by atoms with Gasteiger partial charge in [0.15, 0.2) is 0 Å². The zero-order chi connectivity index (χ0) is 21.7. The monoisotopic (exact) mass is 437 g/mol. The van der Waals surface area contributed by atoms with Crippen LogP contribution in [0.3, 0.4) is 0 Å². The Bertz CT molecular complexity index is 862. The van der Waals surface area contributed by atoms with E-state index in [9.17, 15) is 18.0 Å². The lowest BCUT2D eigenvalue weighted by molar-refractivity contribution is -0.114. The second kappa shape index (κ2) is 9.76. The molecule has 1 saturated heterocycles. The van der Waals surface area contributed by atoms with Crippen LogP contribution < -0.4 is 10.6 Å². The molecule has 0 unspecified atom stereocenters. The summed E-state index contributed by atoms with van der Waals surface area (Å²) < 4.78 is 29.0. The van der Waals surface area contributed by atoms with Crippen LogP contribution in [-0.2, 0) is 15.0 Å². The molecule has 1 saturated carbocycles. The first-order valence-corrected chi connectivity index (χ1v) is 11.8. The first kappa shape index (κ1) is 22.5. The molecule has 30 heavy (non-hydrogen) atoms. The van der Waals surface area contributed by atoms with E-state index in [1.165, 1.54) is 22.0 Å². The SMILES string of the molecule is CC(=O)Nc1cccc(NC(=O)N2CCN(S(=O)(=O)N(C)C3CCCCC3)CC2)c1. The highest BCUT2D eigenvalue weighted by Gasteiger charge is 2.35. The maximum absolute atomic E-state index is 13.0. The lowest BCUT2D eigenvalue weighted by Gasteiger charge is -2.38. The van der Waals surface area contributed by atoms with Gasteiger partial charge >= 0.3 is 6.03 Å². The number of anilines is 2. The summed E-state index contributed by atoms with van der Waals surface area (Å²) in [5, 5.41) is 5.49. The van der Waals surface area contributed by atoms with Crippen molar-refractivity contribution in [3.63, 3.8) is 0 Å². The van der Waals surface area contributed by atoms with Crippen molar-refractivity contribution in [2.45, 2.75) is 45.1 Å². The number of nitrogens with one attached hydrogen (secondary N) is 2. The van der Waals surface area contributed by atoms with Gasteiger partial charge in [-0.25, -0.2) is 4.79 Å². The van der Waals surface area contributed by atoms with Crippen LogP contribution in [0, 0.1) is 0 Å². The molecule has 1 aliphatic carbocycles. The fourth-order valence-corrected chi connectivity index (χ4v) is 5.59. The van der Waals surface area contributed by atoms with Crippen LogP contribution in [0.15, 0.2) is 24.3 Å². The first-order valence-electron chi connectivity index (χ1n) is 10.4. The van der Waals surface area contributed by atoms with Crippen LogP contribution in [0.4, 0.5) is 16.2 Å². The minimum absolute atomic E-state index is 0.0703. The molecule has 2 N–H and O–H groups in total. The molecule has 10 heteroatoms. The quantitative estimate of drug-likeness (QED) is 0.738. The molecule has 2 aliphatic rings. The molecular formula is C20H31N5O4S. The normalized spacial score (nSPS) is 19.0. The summed E-state index contributed by atoms with van der Waals surface area (Å²) in [5.41, 5.74) is 1.17. The number of carbonyl (C=O) groups excluding carboxylic acids is 2. The highest BCUT2D eigenvalue weighted by molar-refractivity contribution is 7.86. The predicted molar refractivity (Wildman–Crippen MR) is 116 cm³/mol. The maximum atomic E-state index is 13.0. The Labute approximate surface area is 178 Å². The van der Waals surface area contributed by atoms with Crippen molar-refractivity contribution in [1.82, 2.24) is 13.5 Å². The van der Waals surface area contributed by atoms with E-state index >= 15 is 0 Å². The van der Waals surface area contributed by atoms with Crippen LogP contribution >= 0.6 is 0 Å². The number of urea groups is 1. The van der Waals surface area contributed by atoms with Gasteiger partial charge < -0.3 is 15.5 Å². The zero-order valence-electron chi connectivity index (χ0n) is 17.6. The second-order valence-corrected chi connectivity index (χ2v) is 9.88. The number of piperazine rings is 1. The van der Waals surface area contributed by atoms with Crippen molar-refractivity contribution in [2.75, 3.05) is 43.9 Å². The van der Waals surface area contributed by atoms with E-state index in [-0.39, 0.29) is 31.1 Å². The molecule has 0 atom stereocenters. The molecule has 0 spiro atoms. The second-order valence-electron chi connectivity index (χ2n) is 7.89. The van der Waals surface area contributed by atoms with Gasteiger partial charge in [-0.1, -0.05) is 25.3 Å². The fraction of sp³-hybridized carbons (Fsp3) is 0.600. The van der Waals surface area contributed by atoms with Crippen molar-refractivity contribution in [1.29, 1.82) is 0 Å². The minimum atomic E-state index is -3.52. The smallest absolute Gasteiger partial charge is 0.321 e. The number of benzene rings is 1. The van der Waals surface area contributed by atoms with Crippen molar-refractivity contribution < 1.29 is 18.0 Å². The van der Waals surface area contributed by atoms with Gasteiger partial charge in [-0.2, -0.15) is 17.0 Å². The highest BCUT2D eigenvalue weighted by atomic mass is 32.2. The molecule has 1 aliphatic heterocycles. The van der Waals surface area contributed by atoms with Crippen molar-refractivity contribution in [3.05, 3.63) is 24.3 Å². The third-order valence-corrected chi connectivity index (χ3v) is 7.78. The molecule has 1 aromatic carbocycles. The summed E-state index contributed by atoms with van der Waals surface area (Å²) in [6.07, 6.45) is 5.14. The summed E-state index contributed by atoms with van der Waals surface area (Å²) in [4.78, 5) is 25.4. The summed E-state index contributed by atoms with van der Waals surface area (Å²) in [6.45, 7) is 2.63. The molecule has 0 aromatic heterocycles. The van der Waals surface area contributed by atoms with Crippen molar-refractivity contribution >= 4 is 33.5 Å². The van der Waals surface area contributed by atoms with E-state index in [0.29, 0.717) is 24.5 Å². The fourth-order valence-electron chi connectivity index (χ4n) is 4.02. The lowest BCUT2D eigenvalue weighted by Crippen LogP contribution is -2.55. The van der Waals surface area contributed by atoms with Gasteiger partial charge in [0.1, 0.15) is 0 Å². The van der Waals surface area contributed by atoms with Crippen LogP contribution in [0.2, 0.25) is 0 Å². The van der Waals surface area contributed by atoms with Gasteiger partial charge in [0.2, 0.25) is 5.91 Å². The van der Waals surface area contributed by atoms with Crippen molar-refractivity contribution in [3.8, 4) is 0 Å². The Morgan fingerprint density at radius 3 is 2.20 bits per heavy atom. The van der Waals surface area contributed by atoms with Gasteiger partial charge in [0.25, 0.3) is 10.2 Å². The Morgan fingerprint density at radius 1 is 1.00 bits per heavy atom. The topological polar surface area (TPSA) is 102 Å². The van der Waals surface area contributed by atoms with E-state index in [4.69, 9.17) is 0 Å². The minimum Gasteiger partial charge on any atom is -0.326 e. The number of amides is 3.